The van der Waals surface area contributed by atoms with E-state index in [1.54, 1.807) is 25.6 Å². The van der Waals surface area contributed by atoms with E-state index in [1.807, 2.05) is 18.2 Å². The highest BCUT2D eigenvalue weighted by Crippen LogP contribution is 2.33. The van der Waals surface area contributed by atoms with Gasteiger partial charge in [0.15, 0.2) is 5.13 Å². The van der Waals surface area contributed by atoms with Crippen LogP contribution < -0.4 is 9.64 Å². The third-order valence-corrected chi connectivity index (χ3v) is 4.41. The van der Waals surface area contributed by atoms with Crippen molar-refractivity contribution >= 4 is 26.7 Å². The van der Waals surface area contributed by atoms with Crippen LogP contribution in [0.2, 0.25) is 0 Å². The first-order valence-corrected chi connectivity index (χ1v) is 6.84. The molecule has 1 fully saturated rings. The van der Waals surface area contributed by atoms with Crippen LogP contribution in [0.1, 0.15) is 6.42 Å². The normalized spacial score (nSPS) is 19.7. The highest BCUT2D eigenvalue weighted by Gasteiger charge is 2.24. The van der Waals surface area contributed by atoms with Gasteiger partial charge in [-0.1, -0.05) is 11.3 Å². The number of aromatic nitrogens is 1. The summed E-state index contributed by atoms with van der Waals surface area (Å²) in [6, 6.07) is 6.01. The summed E-state index contributed by atoms with van der Waals surface area (Å²) in [5.41, 5.74) is 1.04. The summed E-state index contributed by atoms with van der Waals surface area (Å²) >= 11 is 1.72. The van der Waals surface area contributed by atoms with Gasteiger partial charge in [0, 0.05) is 20.2 Å². The molecule has 5 heteroatoms. The van der Waals surface area contributed by atoms with E-state index in [9.17, 15) is 0 Å². The van der Waals surface area contributed by atoms with Gasteiger partial charge in [0.05, 0.1) is 23.4 Å². The van der Waals surface area contributed by atoms with E-state index >= 15 is 0 Å². The molecule has 1 aliphatic heterocycles. The smallest absolute Gasteiger partial charge is 0.186 e. The van der Waals surface area contributed by atoms with Crippen molar-refractivity contribution in [2.75, 3.05) is 32.2 Å². The maximum Gasteiger partial charge on any atom is 0.186 e. The van der Waals surface area contributed by atoms with E-state index in [0.29, 0.717) is 6.10 Å². The van der Waals surface area contributed by atoms with E-state index < -0.39 is 0 Å². The summed E-state index contributed by atoms with van der Waals surface area (Å²) in [6.07, 6.45) is 1.42. The molecule has 0 bridgehead atoms. The van der Waals surface area contributed by atoms with Gasteiger partial charge in [-0.15, -0.1) is 0 Å². The minimum atomic E-state index is 0.339. The van der Waals surface area contributed by atoms with Crippen LogP contribution in [0.15, 0.2) is 18.2 Å². The third kappa shape index (κ3) is 2.04. The molecule has 96 valence electrons. The van der Waals surface area contributed by atoms with Crippen LogP contribution in [-0.4, -0.2) is 38.4 Å². The largest absolute Gasteiger partial charge is 0.497 e. The second-order valence-electron chi connectivity index (χ2n) is 4.42. The van der Waals surface area contributed by atoms with Crippen LogP contribution in [0, 0.1) is 0 Å². The number of methoxy groups -OCH3 is 2. The lowest BCUT2D eigenvalue weighted by atomic mass is 10.3. The van der Waals surface area contributed by atoms with E-state index in [-0.39, 0.29) is 0 Å². The molecule has 0 spiro atoms. The van der Waals surface area contributed by atoms with Gasteiger partial charge >= 0.3 is 0 Å². The Morgan fingerprint density at radius 3 is 3.00 bits per heavy atom. The number of nitrogens with zero attached hydrogens (tertiary/aromatic N) is 2. The number of ether oxygens (including phenoxy) is 2. The highest BCUT2D eigenvalue weighted by molar-refractivity contribution is 7.22. The fourth-order valence-corrected chi connectivity index (χ4v) is 3.28. The number of hydrogen-bond donors (Lipinski definition) is 0. The van der Waals surface area contributed by atoms with Crippen LogP contribution in [0.3, 0.4) is 0 Å². The predicted molar refractivity (Wildman–Crippen MR) is 73.8 cm³/mol. The quantitative estimate of drug-likeness (QED) is 0.853. The Bertz CT molecular complexity index is 555. The molecule has 1 aromatic heterocycles. The molecule has 2 aromatic rings. The molecule has 0 amide bonds. The molecular weight excluding hydrogens is 248 g/mol. The molecule has 4 nitrogen and oxygen atoms in total. The Labute approximate surface area is 110 Å². The zero-order valence-electron chi connectivity index (χ0n) is 10.5. The zero-order valence-corrected chi connectivity index (χ0v) is 11.4. The highest BCUT2D eigenvalue weighted by atomic mass is 32.1. The summed E-state index contributed by atoms with van der Waals surface area (Å²) in [4.78, 5) is 6.97. The van der Waals surface area contributed by atoms with Crippen molar-refractivity contribution in [1.29, 1.82) is 0 Å². The van der Waals surface area contributed by atoms with Crippen molar-refractivity contribution in [1.82, 2.24) is 4.98 Å². The van der Waals surface area contributed by atoms with Gasteiger partial charge in [0.25, 0.3) is 0 Å². The molecule has 1 aliphatic rings. The van der Waals surface area contributed by atoms with Gasteiger partial charge in [0.1, 0.15) is 5.75 Å². The SMILES string of the molecule is COc1ccc2nc(N3CCC(OC)C3)sc2c1. The fourth-order valence-electron chi connectivity index (χ4n) is 2.25. The summed E-state index contributed by atoms with van der Waals surface area (Å²) in [7, 11) is 3.46. The topological polar surface area (TPSA) is 34.6 Å². The van der Waals surface area contributed by atoms with Crippen LogP contribution in [0.25, 0.3) is 10.2 Å². The monoisotopic (exact) mass is 264 g/mol. The third-order valence-electron chi connectivity index (χ3n) is 3.33. The molecule has 0 saturated carbocycles. The Balaban J connectivity index is 1.89. The fraction of sp³-hybridized carbons (Fsp3) is 0.462. The molecule has 1 atom stereocenters. The molecule has 1 unspecified atom stereocenters. The van der Waals surface area contributed by atoms with Gasteiger partial charge in [-0.2, -0.15) is 0 Å². The van der Waals surface area contributed by atoms with Crippen molar-refractivity contribution in [2.45, 2.75) is 12.5 Å². The van der Waals surface area contributed by atoms with E-state index in [1.165, 1.54) is 4.70 Å². The first-order valence-electron chi connectivity index (χ1n) is 6.02. The van der Waals surface area contributed by atoms with Gasteiger partial charge in [-0.25, -0.2) is 4.98 Å². The average Bonchev–Trinajstić information content (AvgIpc) is 3.03. The minimum Gasteiger partial charge on any atom is -0.497 e. The lowest BCUT2D eigenvalue weighted by Crippen LogP contribution is -2.21. The van der Waals surface area contributed by atoms with E-state index in [4.69, 9.17) is 9.47 Å². The van der Waals surface area contributed by atoms with Crippen molar-refractivity contribution in [3.05, 3.63) is 18.2 Å². The molecule has 0 N–H and O–H groups in total. The summed E-state index contributed by atoms with van der Waals surface area (Å²) in [5, 5.41) is 1.08. The van der Waals surface area contributed by atoms with Crippen LogP contribution in [0.4, 0.5) is 5.13 Å². The van der Waals surface area contributed by atoms with Crippen LogP contribution in [-0.2, 0) is 4.74 Å². The van der Waals surface area contributed by atoms with Gasteiger partial charge in [-0.3, -0.25) is 0 Å². The molecule has 2 heterocycles. The Kier molecular flexibility index (Phi) is 3.09. The summed E-state index contributed by atoms with van der Waals surface area (Å²) in [5.74, 6) is 0.883. The standard InChI is InChI=1S/C13H16N2O2S/c1-16-9-3-4-11-12(7-9)18-13(14-11)15-6-5-10(8-15)17-2/h3-4,7,10H,5-6,8H2,1-2H3. The molecule has 1 saturated heterocycles. The molecule has 3 rings (SSSR count). The van der Waals surface area contributed by atoms with Crippen molar-refractivity contribution in [3.8, 4) is 5.75 Å². The van der Waals surface area contributed by atoms with Crippen molar-refractivity contribution in [3.63, 3.8) is 0 Å². The lowest BCUT2D eigenvalue weighted by Gasteiger charge is -2.13. The number of hydrogen-bond acceptors (Lipinski definition) is 5. The summed E-state index contributed by atoms with van der Waals surface area (Å²) < 4.78 is 11.8. The van der Waals surface area contributed by atoms with Crippen LogP contribution >= 0.6 is 11.3 Å². The second-order valence-corrected chi connectivity index (χ2v) is 5.43. The number of benzene rings is 1. The second kappa shape index (κ2) is 4.74. The minimum absolute atomic E-state index is 0.339. The maximum atomic E-state index is 5.39. The number of thiazole rings is 1. The first kappa shape index (κ1) is 11.7. The molecule has 0 radical (unpaired) electrons. The number of rotatable bonds is 3. The Morgan fingerprint density at radius 2 is 2.28 bits per heavy atom. The summed E-state index contributed by atoms with van der Waals surface area (Å²) in [6.45, 7) is 1.96. The average molecular weight is 264 g/mol. The lowest BCUT2D eigenvalue weighted by molar-refractivity contribution is 0.121. The van der Waals surface area contributed by atoms with E-state index in [0.717, 1.165) is 35.9 Å². The molecular formula is C13H16N2O2S. The predicted octanol–water partition coefficient (Wildman–Crippen LogP) is 2.53. The molecule has 1 aromatic carbocycles. The Morgan fingerprint density at radius 1 is 1.39 bits per heavy atom. The van der Waals surface area contributed by atoms with Gasteiger partial charge < -0.3 is 14.4 Å². The van der Waals surface area contributed by atoms with Gasteiger partial charge in [-0.05, 0) is 24.6 Å². The molecule has 0 aliphatic carbocycles. The van der Waals surface area contributed by atoms with E-state index in [2.05, 4.69) is 9.88 Å². The number of fused-ring (bicyclic) bond motifs is 1. The first-order chi connectivity index (χ1) is 8.80. The zero-order chi connectivity index (χ0) is 12.5. The Hall–Kier alpha value is -1.33. The maximum absolute atomic E-state index is 5.39. The van der Waals surface area contributed by atoms with Gasteiger partial charge in [0.2, 0.25) is 0 Å². The molecule has 18 heavy (non-hydrogen) atoms. The number of anilines is 1. The van der Waals surface area contributed by atoms with Crippen molar-refractivity contribution in [2.24, 2.45) is 0 Å². The van der Waals surface area contributed by atoms with Crippen molar-refractivity contribution < 1.29 is 9.47 Å². The van der Waals surface area contributed by atoms with Crippen LogP contribution in [0.5, 0.6) is 5.75 Å².